The molecule has 0 aliphatic heterocycles. The summed E-state index contributed by atoms with van der Waals surface area (Å²) >= 11 is 1.66. The summed E-state index contributed by atoms with van der Waals surface area (Å²) in [7, 11) is 4.89. The Labute approximate surface area is 199 Å². The van der Waals surface area contributed by atoms with Gasteiger partial charge in [-0.3, -0.25) is 4.79 Å². The third kappa shape index (κ3) is 6.65. The molecule has 176 valence electrons. The van der Waals surface area contributed by atoms with Crippen LogP contribution in [0, 0.1) is 0 Å². The average molecular weight is 470 g/mol. The zero-order chi connectivity index (χ0) is 23.6. The second-order valence-electron chi connectivity index (χ2n) is 7.44. The van der Waals surface area contributed by atoms with Gasteiger partial charge in [0.15, 0.2) is 11.5 Å². The lowest BCUT2D eigenvalue weighted by Gasteiger charge is -2.22. The number of nitrogens with zero attached hydrogens (tertiary/aromatic N) is 1. The Kier molecular flexibility index (Phi) is 9.01. The summed E-state index contributed by atoms with van der Waals surface area (Å²) in [5, 5.41) is 2.03. The van der Waals surface area contributed by atoms with E-state index >= 15 is 0 Å². The fourth-order valence-corrected chi connectivity index (χ4v) is 4.16. The Bertz CT molecular complexity index is 1040. The topological polar surface area (TPSA) is 57.2 Å². The highest BCUT2D eigenvalue weighted by atomic mass is 32.1. The van der Waals surface area contributed by atoms with Crippen LogP contribution in [-0.4, -0.2) is 38.7 Å². The van der Waals surface area contributed by atoms with Gasteiger partial charge in [-0.25, -0.2) is 0 Å². The summed E-state index contributed by atoms with van der Waals surface area (Å²) in [6.07, 6.45) is 0.963. The summed E-state index contributed by atoms with van der Waals surface area (Å²) < 4.78 is 22.2. The van der Waals surface area contributed by atoms with Gasteiger partial charge in [-0.15, -0.1) is 11.3 Å². The van der Waals surface area contributed by atoms with Gasteiger partial charge in [0.05, 0.1) is 21.3 Å². The number of methoxy groups -OCH3 is 3. The summed E-state index contributed by atoms with van der Waals surface area (Å²) in [6.45, 7) is 3.61. The summed E-state index contributed by atoms with van der Waals surface area (Å²) in [5.74, 6) is 2.94. The van der Waals surface area contributed by atoms with E-state index in [-0.39, 0.29) is 5.91 Å². The monoisotopic (exact) mass is 469 g/mol. The van der Waals surface area contributed by atoms with Crippen LogP contribution in [0.3, 0.4) is 0 Å². The van der Waals surface area contributed by atoms with Crippen LogP contribution in [-0.2, 0) is 24.4 Å². The molecule has 0 aliphatic rings. The summed E-state index contributed by atoms with van der Waals surface area (Å²) in [6, 6.07) is 15.5. The van der Waals surface area contributed by atoms with Crippen molar-refractivity contribution in [2.24, 2.45) is 0 Å². The molecular weight excluding hydrogens is 438 g/mol. The molecule has 3 rings (SSSR count). The minimum absolute atomic E-state index is 0.0827. The van der Waals surface area contributed by atoms with Gasteiger partial charge in [-0.2, -0.15) is 0 Å². The van der Waals surface area contributed by atoms with E-state index < -0.39 is 0 Å². The van der Waals surface area contributed by atoms with Crippen molar-refractivity contribution in [3.05, 3.63) is 69.9 Å². The van der Waals surface area contributed by atoms with Crippen LogP contribution < -0.4 is 18.9 Å². The number of hydrogen-bond acceptors (Lipinski definition) is 6. The maximum atomic E-state index is 13.0. The third-order valence-electron chi connectivity index (χ3n) is 5.38. The van der Waals surface area contributed by atoms with E-state index in [9.17, 15) is 4.79 Å². The van der Waals surface area contributed by atoms with Crippen molar-refractivity contribution in [3.8, 4) is 23.0 Å². The normalized spacial score (nSPS) is 10.5. The molecule has 3 aromatic rings. The molecule has 0 unspecified atom stereocenters. The number of carbonyl (C=O) groups is 1. The van der Waals surface area contributed by atoms with Crippen molar-refractivity contribution in [2.75, 3.05) is 27.9 Å². The molecule has 0 saturated heterocycles. The molecule has 1 heterocycles. The molecule has 0 aliphatic carbocycles. The fraction of sp³-hybridized carbons (Fsp3) is 0.346. The number of hydrogen-bond donors (Lipinski definition) is 0. The fourth-order valence-electron chi connectivity index (χ4n) is 3.55. The van der Waals surface area contributed by atoms with Gasteiger partial charge in [0.2, 0.25) is 5.91 Å². The predicted molar refractivity (Wildman–Crippen MR) is 131 cm³/mol. The third-order valence-corrected chi connectivity index (χ3v) is 6.23. The lowest BCUT2D eigenvalue weighted by atomic mass is 10.1. The molecule has 7 heteroatoms. The van der Waals surface area contributed by atoms with Gasteiger partial charge in [0.25, 0.3) is 0 Å². The first-order chi connectivity index (χ1) is 16.1. The van der Waals surface area contributed by atoms with E-state index in [0.717, 1.165) is 27.5 Å². The van der Waals surface area contributed by atoms with Crippen LogP contribution in [0.1, 0.15) is 29.3 Å². The first kappa shape index (κ1) is 24.5. The van der Waals surface area contributed by atoms with E-state index in [1.54, 1.807) is 32.7 Å². The molecule has 0 fully saturated rings. The molecule has 1 aromatic heterocycles. The van der Waals surface area contributed by atoms with Crippen LogP contribution in [0.4, 0.5) is 0 Å². The average Bonchev–Trinajstić information content (AvgIpc) is 3.38. The van der Waals surface area contributed by atoms with E-state index in [4.69, 9.17) is 18.9 Å². The molecule has 0 bridgehead atoms. The van der Waals surface area contributed by atoms with E-state index in [0.29, 0.717) is 44.0 Å². The van der Waals surface area contributed by atoms with Gasteiger partial charge in [0.1, 0.15) is 18.1 Å². The summed E-state index contributed by atoms with van der Waals surface area (Å²) in [5.41, 5.74) is 1.94. The Hall–Kier alpha value is -3.19. The van der Waals surface area contributed by atoms with Gasteiger partial charge in [0, 0.05) is 24.4 Å². The standard InChI is InChI=1S/C26H31NO5S/c1-5-27(26(28)13-9-20-16-21(29-2)10-12-23(20)30-3)17-19-8-11-24(25(15-19)31-4)32-18-22-7-6-14-33-22/h6-8,10-12,14-16H,5,9,13,17-18H2,1-4H3. The molecule has 2 aromatic carbocycles. The molecule has 0 spiro atoms. The van der Waals surface area contributed by atoms with Crippen molar-refractivity contribution in [3.63, 3.8) is 0 Å². The second kappa shape index (κ2) is 12.2. The first-order valence-corrected chi connectivity index (χ1v) is 11.8. The molecule has 0 radical (unpaired) electrons. The van der Waals surface area contributed by atoms with Gasteiger partial charge in [-0.1, -0.05) is 12.1 Å². The largest absolute Gasteiger partial charge is 0.497 e. The van der Waals surface area contributed by atoms with Crippen molar-refractivity contribution >= 4 is 17.2 Å². The Balaban J connectivity index is 1.63. The molecule has 6 nitrogen and oxygen atoms in total. The second-order valence-corrected chi connectivity index (χ2v) is 8.47. The smallest absolute Gasteiger partial charge is 0.223 e. The highest BCUT2D eigenvalue weighted by Gasteiger charge is 2.16. The predicted octanol–water partition coefficient (Wildman–Crippen LogP) is 5.33. The van der Waals surface area contributed by atoms with Crippen LogP contribution in [0.5, 0.6) is 23.0 Å². The number of ether oxygens (including phenoxy) is 4. The Morgan fingerprint density at radius 1 is 0.939 bits per heavy atom. The molecule has 1 amide bonds. The number of thiophene rings is 1. The lowest BCUT2D eigenvalue weighted by molar-refractivity contribution is -0.131. The maximum Gasteiger partial charge on any atom is 0.223 e. The highest BCUT2D eigenvalue weighted by molar-refractivity contribution is 7.09. The van der Waals surface area contributed by atoms with Crippen molar-refractivity contribution in [1.29, 1.82) is 0 Å². The van der Waals surface area contributed by atoms with Crippen LogP contribution in [0.2, 0.25) is 0 Å². The number of amides is 1. The van der Waals surface area contributed by atoms with Crippen LogP contribution in [0.15, 0.2) is 53.9 Å². The Morgan fingerprint density at radius 3 is 2.39 bits per heavy atom. The molecule has 0 N–H and O–H groups in total. The highest BCUT2D eigenvalue weighted by Crippen LogP contribution is 2.30. The minimum atomic E-state index is 0.0827. The minimum Gasteiger partial charge on any atom is -0.497 e. The van der Waals surface area contributed by atoms with Crippen molar-refractivity contribution in [1.82, 2.24) is 4.90 Å². The van der Waals surface area contributed by atoms with E-state index in [2.05, 4.69) is 0 Å². The SMILES string of the molecule is CCN(Cc1ccc(OCc2cccs2)c(OC)c1)C(=O)CCc1cc(OC)ccc1OC. The van der Waals surface area contributed by atoms with Gasteiger partial charge >= 0.3 is 0 Å². The zero-order valence-electron chi connectivity index (χ0n) is 19.6. The van der Waals surface area contributed by atoms with E-state index in [1.165, 1.54) is 0 Å². The number of rotatable bonds is 12. The van der Waals surface area contributed by atoms with Gasteiger partial charge < -0.3 is 23.8 Å². The van der Waals surface area contributed by atoms with E-state index in [1.807, 2.05) is 65.7 Å². The molecular formula is C26H31NO5S. The number of benzene rings is 2. The van der Waals surface area contributed by atoms with Gasteiger partial charge in [-0.05, 0) is 66.2 Å². The van der Waals surface area contributed by atoms with Crippen molar-refractivity contribution < 1.29 is 23.7 Å². The van der Waals surface area contributed by atoms with Crippen LogP contribution >= 0.6 is 11.3 Å². The molecule has 0 saturated carbocycles. The molecule has 0 atom stereocenters. The van der Waals surface area contributed by atoms with Crippen molar-refractivity contribution in [2.45, 2.75) is 32.9 Å². The number of carbonyl (C=O) groups excluding carboxylic acids is 1. The van der Waals surface area contributed by atoms with Crippen LogP contribution in [0.25, 0.3) is 0 Å². The summed E-state index contributed by atoms with van der Waals surface area (Å²) in [4.78, 5) is 16.0. The maximum absolute atomic E-state index is 13.0. The zero-order valence-corrected chi connectivity index (χ0v) is 20.4. The first-order valence-electron chi connectivity index (χ1n) is 10.9. The number of aryl methyl sites for hydroxylation is 1. The molecule has 33 heavy (non-hydrogen) atoms. The quantitative estimate of drug-likeness (QED) is 0.359. The lowest BCUT2D eigenvalue weighted by Crippen LogP contribution is -2.30. The Morgan fingerprint density at radius 2 is 1.73 bits per heavy atom.